The summed E-state index contributed by atoms with van der Waals surface area (Å²) in [6, 6.07) is 14.3. The molecule has 0 spiro atoms. The van der Waals surface area contributed by atoms with Crippen LogP contribution in [0.1, 0.15) is 10.4 Å². The standard InChI is InChI=1S/C16H12ClN3O2S/c1-23-13-8-3-2-7-12(13)15-19-20-16(22-15)18-14(21)10-5-4-6-11(17)9-10/h2-9H,1H3,(H,18,20,21). The molecule has 23 heavy (non-hydrogen) atoms. The first-order valence-electron chi connectivity index (χ1n) is 6.71. The van der Waals surface area contributed by atoms with E-state index in [1.54, 1.807) is 36.0 Å². The molecule has 0 radical (unpaired) electrons. The van der Waals surface area contributed by atoms with Crippen molar-refractivity contribution in [3.63, 3.8) is 0 Å². The van der Waals surface area contributed by atoms with Crippen molar-refractivity contribution >= 4 is 35.3 Å². The Bertz CT molecular complexity index is 851. The molecule has 1 N–H and O–H groups in total. The molecule has 0 bridgehead atoms. The molecule has 3 rings (SSSR count). The Morgan fingerprint density at radius 2 is 2.00 bits per heavy atom. The first-order valence-corrected chi connectivity index (χ1v) is 8.31. The van der Waals surface area contributed by atoms with Gasteiger partial charge in [-0.15, -0.1) is 16.9 Å². The van der Waals surface area contributed by atoms with E-state index in [2.05, 4.69) is 15.5 Å². The van der Waals surface area contributed by atoms with Gasteiger partial charge in [0, 0.05) is 15.5 Å². The molecule has 1 aromatic heterocycles. The summed E-state index contributed by atoms with van der Waals surface area (Å²) >= 11 is 7.46. The van der Waals surface area contributed by atoms with E-state index in [9.17, 15) is 4.79 Å². The number of nitrogens with one attached hydrogen (secondary N) is 1. The molecule has 3 aromatic rings. The number of benzene rings is 2. The molecule has 0 saturated carbocycles. The summed E-state index contributed by atoms with van der Waals surface area (Å²) in [6.45, 7) is 0. The van der Waals surface area contributed by atoms with Gasteiger partial charge in [-0.2, -0.15) is 0 Å². The Hall–Kier alpha value is -2.31. The molecule has 2 aromatic carbocycles. The summed E-state index contributed by atoms with van der Waals surface area (Å²) in [4.78, 5) is 13.2. The lowest BCUT2D eigenvalue weighted by Gasteiger charge is -2.02. The lowest BCUT2D eigenvalue weighted by atomic mass is 10.2. The molecule has 0 unspecified atom stereocenters. The van der Waals surface area contributed by atoms with Gasteiger partial charge < -0.3 is 4.42 Å². The number of amides is 1. The highest BCUT2D eigenvalue weighted by Gasteiger charge is 2.14. The second kappa shape index (κ2) is 6.85. The zero-order valence-corrected chi connectivity index (χ0v) is 13.7. The second-order valence-electron chi connectivity index (χ2n) is 4.58. The molecule has 0 fully saturated rings. The maximum atomic E-state index is 12.1. The highest BCUT2D eigenvalue weighted by Crippen LogP contribution is 2.29. The van der Waals surface area contributed by atoms with E-state index in [1.165, 1.54) is 0 Å². The minimum Gasteiger partial charge on any atom is -0.403 e. The number of carbonyl (C=O) groups excluding carboxylic acids is 1. The van der Waals surface area contributed by atoms with Crippen molar-refractivity contribution in [2.75, 3.05) is 11.6 Å². The highest BCUT2D eigenvalue weighted by atomic mass is 35.5. The summed E-state index contributed by atoms with van der Waals surface area (Å²) in [5.41, 5.74) is 1.25. The molecule has 0 atom stereocenters. The second-order valence-corrected chi connectivity index (χ2v) is 5.86. The van der Waals surface area contributed by atoms with E-state index in [4.69, 9.17) is 16.0 Å². The largest absolute Gasteiger partial charge is 0.403 e. The molecule has 0 aliphatic rings. The van der Waals surface area contributed by atoms with E-state index < -0.39 is 0 Å². The highest BCUT2D eigenvalue weighted by molar-refractivity contribution is 7.98. The molecule has 0 saturated heterocycles. The number of rotatable bonds is 4. The van der Waals surface area contributed by atoms with Crippen molar-refractivity contribution < 1.29 is 9.21 Å². The Kier molecular flexibility index (Phi) is 4.64. The van der Waals surface area contributed by atoms with Crippen molar-refractivity contribution in [1.82, 2.24) is 10.2 Å². The van der Waals surface area contributed by atoms with E-state index in [0.29, 0.717) is 16.5 Å². The zero-order valence-electron chi connectivity index (χ0n) is 12.1. The van der Waals surface area contributed by atoms with Gasteiger partial charge in [0.15, 0.2) is 0 Å². The Balaban J connectivity index is 1.81. The topological polar surface area (TPSA) is 68.0 Å². The number of aromatic nitrogens is 2. The summed E-state index contributed by atoms with van der Waals surface area (Å²) in [6.07, 6.45) is 1.97. The fourth-order valence-electron chi connectivity index (χ4n) is 2.00. The number of hydrogen-bond donors (Lipinski definition) is 1. The van der Waals surface area contributed by atoms with Crippen LogP contribution in [0.4, 0.5) is 6.01 Å². The van der Waals surface area contributed by atoms with Crippen molar-refractivity contribution in [2.24, 2.45) is 0 Å². The van der Waals surface area contributed by atoms with Crippen LogP contribution in [0.5, 0.6) is 0 Å². The Morgan fingerprint density at radius 1 is 1.17 bits per heavy atom. The van der Waals surface area contributed by atoms with Gasteiger partial charge in [0.1, 0.15) is 0 Å². The smallest absolute Gasteiger partial charge is 0.322 e. The molecule has 0 aliphatic carbocycles. The van der Waals surface area contributed by atoms with E-state index >= 15 is 0 Å². The van der Waals surface area contributed by atoms with Crippen molar-refractivity contribution in [2.45, 2.75) is 4.90 Å². The summed E-state index contributed by atoms with van der Waals surface area (Å²) in [5.74, 6) is -0.00260. The third-order valence-corrected chi connectivity index (χ3v) is 4.10. The zero-order chi connectivity index (χ0) is 16.2. The number of anilines is 1. The van der Waals surface area contributed by atoms with E-state index in [0.717, 1.165) is 10.5 Å². The fraction of sp³-hybridized carbons (Fsp3) is 0.0625. The van der Waals surface area contributed by atoms with Crippen LogP contribution >= 0.6 is 23.4 Å². The maximum Gasteiger partial charge on any atom is 0.322 e. The number of carbonyl (C=O) groups is 1. The van der Waals surface area contributed by atoms with Crippen LogP contribution in [0.2, 0.25) is 5.02 Å². The molecule has 0 aliphatic heterocycles. The SMILES string of the molecule is CSc1ccccc1-c1nnc(NC(=O)c2cccc(Cl)c2)o1. The molecule has 116 valence electrons. The van der Waals surface area contributed by atoms with Gasteiger partial charge in [-0.1, -0.05) is 34.9 Å². The number of halogens is 1. The van der Waals surface area contributed by atoms with Gasteiger partial charge in [0.05, 0.1) is 5.56 Å². The molecular weight excluding hydrogens is 334 g/mol. The lowest BCUT2D eigenvalue weighted by Crippen LogP contribution is -2.11. The van der Waals surface area contributed by atoms with Gasteiger partial charge in [-0.05, 0) is 36.6 Å². The molecular formula is C16H12ClN3O2S. The maximum absolute atomic E-state index is 12.1. The van der Waals surface area contributed by atoms with Gasteiger partial charge in [0.25, 0.3) is 11.8 Å². The van der Waals surface area contributed by atoms with Crippen molar-refractivity contribution in [3.05, 3.63) is 59.1 Å². The first-order chi connectivity index (χ1) is 11.2. The van der Waals surface area contributed by atoms with Crippen LogP contribution in [0.3, 0.4) is 0 Å². The number of hydrogen-bond acceptors (Lipinski definition) is 5. The minimum atomic E-state index is -0.360. The number of nitrogens with zero attached hydrogens (tertiary/aromatic N) is 2. The van der Waals surface area contributed by atoms with Crippen LogP contribution < -0.4 is 5.32 Å². The lowest BCUT2D eigenvalue weighted by molar-refractivity contribution is 0.102. The van der Waals surface area contributed by atoms with Crippen molar-refractivity contribution in [3.8, 4) is 11.5 Å². The quantitative estimate of drug-likeness (QED) is 0.711. The average Bonchev–Trinajstić information content (AvgIpc) is 3.03. The monoisotopic (exact) mass is 345 g/mol. The Morgan fingerprint density at radius 3 is 2.78 bits per heavy atom. The van der Waals surface area contributed by atoms with Gasteiger partial charge in [0.2, 0.25) is 0 Å². The molecule has 7 heteroatoms. The van der Waals surface area contributed by atoms with Gasteiger partial charge >= 0.3 is 6.01 Å². The Labute approximate surface area is 142 Å². The normalized spacial score (nSPS) is 10.5. The van der Waals surface area contributed by atoms with Crippen LogP contribution in [0.25, 0.3) is 11.5 Å². The molecule has 1 amide bonds. The van der Waals surface area contributed by atoms with Crippen LogP contribution in [-0.2, 0) is 0 Å². The van der Waals surface area contributed by atoms with E-state index in [1.807, 2.05) is 30.5 Å². The molecule has 5 nitrogen and oxygen atoms in total. The average molecular weight is 346 g/mol. The summed E-state index contributed by atoms with van der Waals surface area (Å²) < 4.78 is 5.53. The van der Waals surface area contributed by atoms with E-state index in [-0.39, 0.29) is 11.9 Å². The predicted octanol–water partition coefficient (Wildman–Crippen LogP) is 4.36. The van der Waals surface area contributed by atoms with Crippen molar-refractivity contribution in [1.29, 1.82) is 0 Å². The minimum absolute atomic E-state index is 0.0425. The number of thioether (sulfide) groups is 1. The van der Waals surface area contributed by atoms with Gasteiger partial charge in [-0.25, -0.2) is 0 Å². The van der Waals surface area contributed by atoms with Crippen LogP contribution in [0.15, 0.2) is 57.8 Å². The van der Waals surface area contributed by atoms with Gasteiger partial charge in [-0.3, -0.25) is 10.1 Å². The summed E-state index contributed by atoms with van der Waals surface area (Å²) in [5, 5.41) is 10.9. The molecule has 1 heterocycles. The third-order valence-electron chi connectivity index (χ3n) is 3.07. The first kappa shape index (κ1) is 15.6. The van der Waals surface area contributed by atoms with Crippen LogP contribution in [0, 0.1) is 0 Å². The third kappa shape index (κ3) is 3.55. The predicted molar refractivity (Wildman–Crippen MR) is 90.9 cm³/mol. The summed E-state index contributed by atoms with van der Waals surface area (Å²) in [7, 11) is 0. The van der Waals surface area contributed by atoms with Crippen LogP contribution in [-0.4, -0.2) is 22.4 Å². The fourth-order valence-corrected chi connectivity index (χ4v) is 2.78.